The van der Waals surface area contributed by atoms with Crippen LogP contribution < -0.4 is 0 Å². The number of piperidine rings is 1. The highest BCUT2D eigenvalue weighted by Crippen LogP contribution is 2.44. The summed E-state index contributed by atoms with van der Waals surface area (Å²) in [6.45, 7) is 0.727. The van der Waals surface area contributed by atoms with Crippen LogP contribution in [0.5, 0.6) is 0 Å². The van der Waals surface area contributed by atoms with Crippen LogP contribution in [-0.4, -0.2) is 50.0 Å². The van der Waals surface area contributed by atoms with Crippen LogP contribution in [0.25, 0.3) is 11.3 Å². The Morgan fingerprint density at radius 1 is 1.32 bits per heavy atom. The summed E-state index contributed by atoms with van der Waals surface area (Å²) in [4.78, 5) is 16.9. The molecule has 1 aromatic carbocycles. The maximum atomic E-state index is 11.3. The molecule has 0 saturated carbocycles. The SMILES string of the molecule is O=C(O)N1CC[C@@H](O)[C@H]([C@@H]2c3ccccc3-c3cncn32)C1. The van der Waals surface area contributed by atoms with Crippen LogP contribution in [0.3, 0.4) is 0 Å². The molecule has 2 aliphatic heterocycles. The minimum atomic E-state index is -0.922. The van der Waals surface area contributed by atoms with Crippen LogP contribution >= 0.6 is 0 Å². The molecule has 2 aromatic rings. The fourth-order valence-electron chi connectivity index (χ4n) is 3.76. The number of hydrogen-bond acceptors (Lipinski definition) is 3. The zero-order valence-electron chi connectivity index (χ0n) is 12.0. The fraction of sp³-hybridized carbons (Fsp3) is 0.375. The van der Waals surface area contributed by atoms with E-state index in [0.717, 1.165) is 16.8 Å². The zero-order valence-corrected chi connectivity index (χ0v) is 12.0. The molecule has 2 aliphatic rings. The maximum absolute atomic E-state index is 11.3. The zero-order chi connectivity index (χ0) is 15.3. The Hall–Kier alpha value is -2.34. The Balaban J connectivity index is 1.77. The summed E-state index contributed by atoms with van der Waals surface area (Å²) < 4.78 is 2.06. The molecule has 6 heteroatoms. The molecule has 6 nitrogen and oxygen atoms in total. The lowest BCUT2D eigenvalue weighted by Gasteiger charge is -2.38. The average Bonchev–Trinajstić information content (AvgIpc) is 3.08. The van der Waals surface area contributed by atoms with Crippen molar-refractivity contribution < 1.29 is 15.0 Å². The van der Waals surface area contributed by atoms with Crippen molar-refractivity contribution in [1.82, 2.24) is 14.5 Å². The van der Waals surface area contributed by atoms with E-state index in [1.165, 1.54) is 4.90 Å². The molecule has 1 fully saturated rings. The third-order valence-electron chi connectivity index (χ3n) is 4.82. The summed E-state index contributed by atoms with van der Waals surface area (Å²) in [6.07, 6.45) is 2.63. The molecule has 4 rings (SSSR count). The van der Waals surface area contributed by atoms with E-state index in [9.17, 15) is 15.0 Å². The summed E-state index contributed by atoms with van der Waals surface area (Å²) in [7, 11) is 0. The Labute approximate surface area is 127 Å². The van der Waals surface area contributed by atoms with Crippen LogP contribution in [0.4, 0.5) is 4.79 Å². The second kappa shape index (κ2) is 4.84. The molecule has 1 aromatic heterocycles. The van der Waals surface area contributed by atoms with Crippen LogP contribution in [0.15, 0.2) is 36.8 Å². The van der Waals surface area contributed by atoms with Crippen molar-refractivity contribution in [3.05, 3.63) is 42.4 Å². The number of carboxylic acid groups (broad SMARTS) is 1. The second-order valence-electron chi connectivity index (χ2n) is 5.97. The summed E-state index contributed by atoms with van der Waals surface area (Å²) in [5, 5.41) is 19.7. The number of imidazole rings is 1. The van der Waals surface area contributed by atoms with Crippen molar-refractivity contribution in [1.29, 1.82) is 0 Å². The molecule has 1 saturated heterocycles. The number of amides is 1. The summed E-state index contributed by atoms with van der Waals surface area (Å²) >= 11 is 0. The number of carbonyl (C=O) groups is 1. The molecule has 0 spiro atoms. The number of likely N-dealkylation sites (tertiary alicyclic amines) is 1. The summed E-state index contributed by atoms with van der Waals surface area (Å²) in [5.41, 5.74) is 3.28. The number of fused-ring (bicyclic) bond motifs is 3. The van der Waals surface area contributed by atoms with Gasteiger partial charge in [0.1, 0.15) is 0 Å². The minimum absolute atomic E-state index is 0.0640. The lowest BCUT2D eigenvalue weighted by Crippen LogP contribution is -2.48. The Morgan fingerprint density at radius 3 is 2.95 bits per heavy atom. The van der Waals surface area contributed by atoms with Crippen molar-refractivity contribution in [2.45, 2.75) is 18.6 Å². The van der Waals surface area contributed by atoms with E-state index in [1.807, 2.05) is 24.4 Å². The first-order valence-electron chi connectivity index (χ1n) is 7.44. The van der Waals surface area contributed by atoms with Gasteiger partial charge in [-0.1, -0.05) is 24.3 Å². The van der Waals surface area contributed by atoms with Crippen LogP contribution in [-0.2, 0) is 0 Å². The second-order valence-corrected chi connectivity index (χ2v) is 5.97. The molecule has 22 heavy (non-hydrogen) atoms. The summed E-state index contributed by atoms with van der Waals surface area (Å²) in [5.74, 6) is -0.165. The Kier molecular flexibility index (Phi) is 2.94. The molecule has 0 aliphatic carbocycles. The Morgan fingerprint density at radius 2 is 2.14 bits per heavy atom. The van der Waals surface area contributed by atoms with Gasteiger partial charge in [-0.3, -0.25) is 0 Å². The van der Waals surface area contributed by atoms with Crippen LogP contribution in [0, 0.1) is 5.92 Å². The third-order valence-corrected chi connectivity index (χ3v) is 4.82. The quantitative estimate of drug-likeness (QED) is 0.842. The standard InChI is InChI=1S/C16H17N3O3/c20-14-5-6-18(16(21)22)8-12(14)15-11-4-2-1-3-10(11)13-7-17-9-19(13)15/h1-4,7,9,12,14-15,20H,5-6,8H2,(H,21,22)/t12-,14-,15+/m1/s1. The van der Waals surface area contributed by atoms with Crippen molar-refractivity contribution in [3.8, 4) is 11.3 Å². The van der Waals surface area contributed by atoms with E-state index >= 15 is 0 Å². The molecule has 0 radical (unpaired) electrons. The number of nitrogens with zero attached hydrogens (tertiary/aromatic N) is 3. The highest BCUT2D eigenvalue weighted by molar-refractivity contribution is 5.69. The van der Waals surface area contributed by atoms with E-state index in [4.69, 9.17) is 0 Å². The van der Waals surface area contributed by atoms with Gasteiger partial charge < -0.3 is 19.7 Å². The first kappa shape index (κ1) is 13.3. The number of rotatable bonds is 1. The fourth-order valence-corrected chi connectivity index (χ4v) is 3.76. The highest BCUT2D eigenvalue weighted by Gasteiger charge is 2.41. The first-order valence-corrected chi connectivity index (χ1v) is 7.44. The molecule has 0 unspecified atom stereocenters. The largest absolute Gasteiger partial charge is 0.465 e. The molecule has 114 valence electrons. The third kappa shape index (κ3) is 1.84. The maximum Gasteiger partial charge on any atom is 0.407 e. The number of benzene rings is 1. The van der Waals surface area contributed by atoms with Crippen LogP contribution in [0.1, 0.15) is 18.0 Å². The predicted molar refractivity (Wildman–Crippen MR) is 79.5 cm³/mol. The van der Waals surface area contributed by atoms with E-state index in [-0.39, 0.29) is 12.0 Å². The lowest BCUT2D eigenvalue weighted by molar-refractivity contribution is 0.0145. The molecule has 3 heterocycles. The molecule has 3 atom stereocenters. The van der Waals surface area contributed by atoms with Gasteiger partial charge in [-0.2, -0.15) is 0 Å². The number of aliphatic hydroxyl groups excluding tert-OH is 1. The van der Waals surface area contributed by atoms with Gasteiger partial charge in [0.05, 0.1) is 30.4 Å². The Bertz CT molecular complexity index is 727. The molecule has 1 amide bonds. The smallest absolute Gasteiger partial charge is 0.407 e. The van der Waals surface area contributed by atoms with Crippen molar-refractivity contribution in [2.24, 2.45) is 5.92 Å². The van der Waals surface area contributed by atoms with E-state index < -0.39 is 12.2 Å². The van der Waals surface area contributed by atoms with Gasteiger partial charge in [-0.05, 0) is 12.0 Å². The number of hydrogen-bond donors (Lipinski definition) is 2. The normalized spacial score (nSPS) is 26.6. The van der Waals surface area contributed by atoms with Crippen molar-refractivity contribution >= 4 is 6.09 Å². The van der Waals surface area contributed by atoms with Gasteiger partial charge in [-0.15, -0.1) is 0 Å². The minimum Gasteiger partial charge on any atom is -0.465 e. The van der Waals surface area contributed by atoms with Gasteiger partial charge in [0.2, 0.25) is 0 Å². The summed E-state index contributed by atoms with van der Waals surface area (Å²) in [6, 6.07) is 8.01. The van der Waals surface area contributed by atoms with Gasteiger partial charge in [0, 0.05) is 24.6 Å². The molecular weight excluding hydrogens is 282 g/mol. The predicted octanol–water partition coefficient (Wildman–Crippen LogP) is 1.81. The van der Waals surface area contributed by atoms with E-state index in [2.05, 4.69) is 15.6 Å². The van der Waals surface area contributed by atoms with Crippen molar-refractivity contribution in [3.63, 3.8) is 0 Å². The van der Waals surface area contributed by atoms with Gasteiger partial charge in [0.25, 0.3) is 0 Å². The van der Waals surface area contributed by atoms with Crippen molar-refractivity contribution in [2.75, 3.05) is 13.1 Å². The van der Waals surface area contributed by atoms with Gasteiger partial charge >= 0.3 is 6.09 Å². The van der Waals surface area contributed by atoms with Gasteiger partial charge in [0.15, 0.2) is 0 Å². The van der Waals surface area contributed by atoms with E-state index in [1.54, 1.807) is 6.33 Å². The lowest BCUT2D eigenvalue weighted by atomic mass is 9.84. The number of aliphatic hydroxyl groups is 1. The van der Waals surface area contributed by atoms with E-state index in [0.29, 0.717) is 19.5 Å². The monoisotopic (exact) mass is 299 g/mol. The van der Waals surface area contributed by atoms with Gasteiger partial charge in [-0.25, -0.2) is 9.78 Å². The first-order chi connectivity index (χ1) is 10.7. The molecule has 0 bridgehead atoms. The highest BCUT2D eigenvalue weighted by atomic mass is 16.4. The van der Waals surface area contributed by atoms with Crippen LogP contribution in [0.2, 0.25) is 0 Å². The topological polar surface area (TPSA) is 78.6 Å². The molecular formula is C16H17N3O3. The molecule has 2 N–H and O–H groups in total. The number of aromatic nitrogens is 2. The average molecular weight is 299 g/mol.